The van der Waals surface area contributed by atoms with Gasteiger partial charge in [-0.25, -0.2) is 0 Å². The highest BCUT2D eigenvalue weighted by Gasteiger charge is 2.11. The minimum absolute atomic E-state index is 0.837. The van der Waals surface area contributed by atoms with Gasteiger partial charge in [-0.1, -0.05) is 63.6 Å². The second kappa shape index (κ2) is 9.50. The molecule has 0 aromatic heterocycles. The summed E-state index contributed by atoms with van der Waals surface area (Å²) in [5, 5.41) is 0. The average Bonchev–Trinajstić information content (AvgIpc) is 2.49. The van der Waals surface area contributed by atoms with Gasteiger partial charge in [0.05, 0.1) is 0 Å². The molecule has 0 saturated heterocycles. The molecule has 0 saturated carbocycles. The van der Waals surface area contributed by atoms with Crippen molar-refractivity contribution in [3.8, 4) is 0 Å². The standard InChI is InChI=1S/C21H33N/c1-7-12-17(3)13-11-16-22(6)19(5)20(8-2)21-15-10-9-14-18(21)4/h8-10,14-15,17H,5,7,11-13,16H2,1-4,6H3/b20-8-. The Hall–Kier alpha value is -1.50. The summed E-state index contributed by atoms with van der Waals surface area (Å²) in [4.78, 5) is 2.31. The van der Waals surface area contributed by atoms with Crippen molar-refractivity contribution in [3.05, 3.63) is 53.7 Å². The quantitative estimate of drug-likeness (QED) is 0.501. The van der Waals surface area contributed by atoms with Crippen molar-refractivity contribution in [1.82, 2.24) is 4.90 Å². The Morgan fingerprint density at radius 2 is 1.95 bits per heavy atom. The molecule has 1 heteroatoms. The molecule has 1 unspecified atom stereocenters. The fourth-order valence-corrected chi connectivity index (χ4v) is 3.01. The van der Waals surface area contributed by atoms with E-state index < -0.39 is 0 Å². The summed E-state index contributed by atoms with van der Waals surface area (Å²) in [6.07, 6.45) is 7.36. The maximum absolute atomic E-state index is 4.34. The highest BCUT2D eigenvalue weighted by atomic mass is 15.1. The van der Waals surface area contributed by atoms with Gasteiger partial charge in [-0.2, -0.15) is 0 Å². The van der Waals surface area contributed by atoms with Gasteiger partial charge in [-0.15, -0.1) is 0 Å². The minimum Gasteiger partial charge on any atom is -0.375 e. The summed E-state index contributed by atoms with van der Waals surface area (Å²) >= 11 is 0. The van der Waals surface area contributed by atoms with E-state index in [1.807, 2.05) is 0 Å². The Balaban J connectivity index is 2.63. The third-order valence-corrected chi connectivity index (χ3v) is 4.47. The van der Waals surface area contributed by atoms with E-state index in [1.54, 1.807) is 0 Å². The van der Waals surface area contributed by atoms with Crippen LogP contribution in [-0.2, 0) is 0 Å². The van der Waals surface area contributed by atoms with Crippen molar-refractivity contribution in [2.75, 3.05) is 13.6 Å². The van der Waals surface area contributed by atoms with Gasteiger partial charge < -0.3 is 4.90 Å². The normalized spacial score (nSPS) is 13.0. The molecule has 0 heterocycles. The predicted octanol–water partition coefficient (Wildman–Crippen LogP) is 6.06. The zero-order valence-electron chi connectivity index (χ0n) is 15.2. The minimum atomic E-state index is 0.837. The lowest BCUT2D eigenvalue weighted by atomic mass is 9.97. The molecule has 0 amide bonds. The molecule has 1 atom stereocenters. The van der Waals surface area contributed by atoms with E-state index in [1.165, 1.54) is 42.4 Å². The Kier molecular flexibility index (Phi) is 8.01. The lowest BCUT2D eigenvalue weighted by Crippen LogP contribution is -2.20. The van der Waals surface area contributed by atoms with Gasteiger partial charge in [0.15, 0.2) is 0 Å². The average molecular weight is 300 g/mol. The van der Waals surface area contributed by atoms with Crippen LogP contribution >= 0.6 is 0 Å². The lowest BCUT2D eigenvalue weighted by molar-refractivity contribution is 0.382. The number of rotatable bonds is 9. The van der Waals surface area contributed by atoms with Crippen molar-refractivity contribution in [2.24, 2.45) is 5.92 Å². The van der Waals surface area contributed by atoms with Gasteiger partial charge >= 0.3 is 0 Å². The van der Waals surface area contributed by atoms with E-state index in [-0.39, 0.29) is 0 Å². The maximum atomic E-state index is 4.34. The Bertz CT molecular complexity index is 498. The van der Waals surface area contributed by atoms with E-state index in [4.69, 9.17) is 0 Å². The first-order valence-corrected chi connectivity index (χ1v) is 8.63. The number of hydrogen-bond acceptors (Lipinski definition) is 1. The largest absolute Gasteiger partial charge is 0.375 e. The van der Waals surface area contributed by atoms with Crippen LogP contribution in [0.15, 0.2) is 42.6 Å². The van der Waals surface area contributed by atoms with E-state index in [0.717, 1.165) is 18.2 Å². The first-order chi connectivity index (χ1) is 10.5. The van der Waals surface area contributed by atoms with Crippen LogP contribution in [-0.4, -0.2) is 18.5 Å². The van der Waals surface area contributed by atoms with Crippen molar-refractivity contribution < 1.29 is 0 Å². The number of likely N-dealkylation sites (N-methyl/N-ethyl adjacent to an activating group) is 1. The SMILES string of the molecule is C=C(/C(=C/C)c1ccccc1C)N(C)CCCC(C)CCC. The Labute approximate surface area is 137 Å². The maximum Gasteiger partial charge on any atom is 0.0367 e. The second-order valence-electron chi connectivity index (χ2n) is 6.42. The van der Waals surface area contributed by atoms with E-state index in [9.17, 15) is 0 Å². The molecule has 0 aliphatic carbocycles. The first kappa shape index (κ1) is 18.5. The van der Waals surface area contributed by atoms with Crippen molar-refractivity contribution >= 4 is 5.57 Å². The fraction of sp³-hybridized carbons (Fsp3) is 0.524. The predicted molar refractivity (Wildman–Crippen MR) is 99.9 cm³/mol. The number of allylic oxidation sites excluding steroid dienone is 2. The van der Waals surface area contributed by atoms with E-state index in [2.05, 4.69) is 76.6 Å². The highest BCUT2D eigenvalue weighted by Crippen LogP contribution is 2.26. The van der Waals surface area contributed by atoms with Gasteiger partial charge in [0.25, 0.3) is 0 Å². The Morgan fingerprint density at radius 1 is 1.27 bits per heavy atom. The number of aryl methyl sites for hydroxylation is 1. The zero-order chi connectivity index (χ0) is 16.5. The van der Waals surface area contributed by atoms with Crippen LogP contribution in [0, 0.1) is 12.8 Å². The van der Waals surface area contributed by atoms with Crippen LogP contribution in [0.25, 0.3) is 5.57 Å². The molecule has 0 radical (unpaired) electrons. The first-order valence-electron chi connectivity index (χ1n) is 8.63. The molecule has 0 spiro atoms. The van der Waals surface area contributed by atoms with E-state index in [0.29, 0.717) is 0 Å². The Morgan fingerprint density at radius 3 is 2.55 bits per heavy atom. The summed E-state index contributed by atoms with van der Waals surface area (Å²) in [5.41, 5.74) is 4.98. The lowest BCUT2D eigenvalue weighted by Gasteiger charge is -2.25. The van der Waals surface area contributed by atoms with Crippen LogP contribution in [0.4, 0.5) is 0 Å². The van der Waals surface area contributed by atoms with Crippen molar-refractivity contribution in [3.63, 3.8) is 0 Å². The molecule has 0 N–H and O–H groups in total. The molecule has 0 bridgehead atoms. The van der Waals surface area contributed by atoms with E-state index >= 15 is 0 Å². The topological polar surface area (TPSA) is 3.24 Å². The second-order valence-corrected chi connectivity index (χ2v) is 6.42. The van der Waals surface area contributed by atoms with Crippen molar-refractivity contribution in [2.45, 2.75) is 53.4 Å². The van der Waals surface area contributed by atoms with Crippen molar-refractivity contribution in [1.29, 1.82) is 0 Å². The van der Waals surface area contributed by atoms with Crippen LogP contribution < -0.4 is 0 Å². The highest BCUT2D eigenvalue weighted by molar-refractivity contribution is 5.79. The molecule has 0 fully saturated rings. The smallest absolute Gasteiger partial charge is 0.0367 e. The van der Waals surface area contributed by atoms with Crippen LogP contribution in [0.5, 0.6) is 0 Å². The monoisotopic (exact) mass is 299 g/mol. The molecule has 1 aromatic carbocycles. The third kappa shape index (κ3) is 5.36. The molecule has 1 rings (SSSR count). The molecular formula is C21H33N. The fourth-order valence-electron chi connectivity index (χ4n) is 3.01. The van der Waals surface area contributed by atoms with Gasteiger partial charge in [0, 0.05) is 24.9 Å². The van der Waals surface area contributed by atoms with Gasteiger partial charge in [-0.3, -0.25) is 0 Å². The molecule has 22 heavy (non-hydrogen) atoms. The summed E-state index contributed by atoms with van der Waals surface area (Å²) in [6.45, 7) is 14.3. The van der Waals surface area contributed by atoms with Gasteiger partial charge in [-0.05, 0) is 43.7 Å². The van der Waals surface area contributed by atoms with Crippen LogP contribution in [0.3, 0.4) is 0 Å². The summed E-state index contributed by atoms with van der Waals surface area (Å²) in [7, 11) is 2.16. The number of nitrogens with zero attached hydrogens (tertiary/aromatic N) is 1. The molecular weight excluding hydrogens is 266 g/mol. The molecule has 0 aliphatic rings. The molecule has 0 aliphatic heterocycles. The number of hydrogen-bond donors (Lipinski definition) is 0. The number of benzene rings is 1. The zero-order valence-corrected chi connectivity index (χ0v) is 15.2. The molecule has 1 nitrogen and oxygen atoms in total. The molecule has 122 valence electrons. The molecule has 1 aromatic rings. The van der Waals surface area contributed by atoms with Gasteiger partial charge in [0.1, 0.15) is 0 Å². The summed E-state index contributed by atoms with van der Waals surface area (Å²) < 4.78 is 0. The van der Waals surface area contributed by atoms with Crippen LogP contribution in [0.1, 0.15) is 57.6 Å². The van der Waals surface area contributed by atoms with Crippen LogP contribution in [0.2, 0.25) is 0 Å². The summed E-state index contributed by atoms with van der Waals surface area (Å²) in [5.74, 6) is 0.837. The summed E-state index contributed by atoms with van der Waals surface area (Å²) in [6, 6.07) is 8.55. The third-order valence-electron chi connectivity index (χ3n) is 4.47. The van der Waals surface area contributed by atoms with Gasteiger partial charge in [0.2, 0.25) is 0 Å².